The summed E-state index contributed by atoms with van der Waals surface area (Å²) in [7, 11) is 1.43. The fourth-order valence-corrected chi connectivity index (χ4v) is 3.24. The number of halogens is 1. The van der Waals surface area contributed by atoms with Crippen molar-refractivity contribution in [2.45, 2.75) is 13.8 Å². The van der Waals surface area contributed by atoms with Gasteiger partial charge in [-0.05, 0) is 50.2 Å². The highest BCUT2D eigenvalue weighted by Crippen LogP contribution is 2.31. The summed E-state index contributed by atoms with van der Waals surface area (Å²) >= 11 is 0. The Morgan fingerprint density at radius 3 is 2.66 bits per heavy atom. The van der Waals surface area contributed by atoms with Crippen molar-refractivity contribution in [2.24, 2.45) is 5.10 Å². The molecule has 2 aromatic carbocycles. The Kier molecular flexibility index (Phi) is 6.30. The summed E-state index contributed by atoms with van der Waals surface area (Å²) in [5, 5.41) is 24.2. The van der Waals surface area contributed by atoms with Crippen molar-refractivity contribution >= 4 is 17.8 Å². The molecule has 3 rings (SSSR count). The Morgan fingerprint density at radius 1 is 1.28 bits per heavy atom. The van der Waals surface area contributed by atoms with Crippen LogP contribution >= 0.6 is 0 Å². The van der Waals surface area contributed by atoms with E-state index in [1.54, 1.807) is 42.7 Å². The molecule has 0 fully saturated rings. The van der Waals surface area contributed by atoms with E-state index in [1.807, 2.05) is 0 Å². The van der Waals surface area contributed by atoms with Crippen LogP contribution in [0.4, 0.5) is 10.1 Å². The molecule has 0 radical (unpaired) electrons. The fourth-order valence-electron chi connectivity index (χ4n) is 3.24. The first kappa shape index (κ1) is 22.2. The maximum atomic E-state index is 14.0. The van der Waals surface area contributed by atoms with E-state index in [-0.39, 0.29) is 16.8 Å². The second kappa shape index (κ2) is 9.09. The standard InChI is InChI=1S/C22H18FN5O4/c1-13-8-16(12-25-26-22(29)18-6-4-15(11-24)9-19(18)23)14(2)27(13)20-7-5-17(32-3)10-21(20)28(30)31/h4-10,12H,1-3H3,(H,26,29)/b25-12-. The first-order valence-electron chi connectivity index (χ1n) is 9.31. The molecule has 1 N–H and O–H groups in total. The topological polar surface area (TPSA) is 123 Å². The lowest BCUT2D eigenvalue weighted by molar-refractivity contribution is -0.384. The van der Waals surface area contributed by atoms with E-state index >= 15 is 0 Å². The van der Waals surface area contributed by atoms with E-state index in [0.717, 1.165) is 6.07 Å². The average molecular weight is 435 g/mol. The number of hydrogen-bond donors (Lipinski definition) is 1. The van der Waals surface area contributed by atoms with Gasteiger partial charge >= 0.3 is 0 Å². The quantitative estimate of drug-likeness (QED) is 0.359. The van der Waals surface area contributed by atoms with Gasteiger partial charge in [0.05, 0.1) is 41.5 Å². The summed E-state index contributed by atoms with van der Waals surface area (Å²) in [6.07, 6.45) is 1.37. The van der Waals surface area contributed by atoms with Gasteiger partial charge in [-0.1, -0.05) is 0 Å². The zero-order chi connectivity index (χ0) is 23.4. The first-order chi connectivity index (χ1) is 15.3. The molecule has 0 atom stereocenters. The fraction of sp³-hybridized carbons (Fsp3) is 0.136. The number of nitrogens with zero attached hydrogens (tertiary/aromatic N) is 4. The third-order valence-corrected chi connectivity index (χ3v) is 4.80. The summed E-state index contributed by atoms with van der Waals surface area (Å²) in [4.78, 5) is 23.2. The molecule has 0 aliphatic carbocycles. The van der Waals surface area contributed by atoms with E-state index in [9.17, 15) is 19.3 Å². The summed E-state index contributed by atoms with van der Waals surface area (Å²) in [5.41, 5.74) is 4.29. The van der Waals surface area contributed by atoms with Crippen LogP contribution in [0.25, 0.3) is 5.69 Å². The molecule has 0 aliphatic rings. The van der Waals surface area contributed by atoms with Gasteiger partial charge in [0.25, 0.3) is 11.6 Å². The van der Waals surface area contributed by atoms with Gasteiger partial charge in [-0.3, -0.25) is 14.9 Å². The normalized spacial score (nSPS) is 10.7. The van der Waals surface area contributed by atoms with Gasteiger partial charge in [0.1, 0.15) is 17.3 Å². The summed E-state index contributed by atoms with van der Waals surface area (Å²) in [5.74, 6) is -1.24. The van der Waals surface area contributed by atoms with Gasteiger partial charge in [0.15, 0.2) is 0 Å². The predicted molar refractivity (Wildman–Crippen MR) is 115 cm³/mol. The number of nitro groups is 1. The molecule has 3 aromatic rings. The molecular weight excluding hydrogens is 417 g/mol. The Hall–Kier alpha value is -4.52. The number of hydrogen-bond acceptors (Lipinski definition) is 6. The van der Waals surface area contributed by atoms with E-state index in [1.165, 1.54) is 31.5 Å². The van der Waals surface area contributed by atoms with Crippen LogP contribution in [0.15, 0.2) is 47.6 Å². The molecule has 9 nitrogen and oxygen atoms in total. The molecule has 0 bridgehead atoms. The van der Waals surface area contributed by atoms with Gasteiger partial charge < -0.3 is 9.30 Å². The minimum Gasteiger partial charge on any atom is -0.496 e. The van der Waals surface area contributed by atoms with Crippen LogP contribution in [0.1, 0.15) is 32.9 Å². The maximum Gasteiger partial charge on any atom is 0.296 e. The molecule has 32 heavy (non-hydrogen) atoms. The number of hydrazone groups is 1. The smallest absolute Gasteiger partial charge is 0.296 e. The Bertz CT molecular complexity index is 1290. The van der Waals surface area contributed by atoms with Crippen LogP contribution in [-0.2, 0) is 0 Å². The first-order valence-corrected chi connectivity index (χ1v) is 9.31. The summed E-state index contributed by atoms with van der Waals surface area (Å²) in [6, 6.07) is 11.6. The number of benzene rings is 2. The molecule has 1 heterocycles. The summed E-state index contributed by atoms with van der Waals surface area (Å²) in [6.45, 7) is 3.54. The second-order valence-corrected chi connectivity index (χ2v) is 6.78. The molecule has 0 saturated heterocycles. The van der Waals surface area contributed by atoms with E-state index in [4.69, 9.17) is 10.00 Å². The highest BCUT2D eigenvalue weighted by molar-refractivity contribution is 5.95. The number of nitro benzene ring substituents is 1. The van der Waals surface area contributed by atoms with Gasteiger partial charge in [-0.2, -0.15) is 10.4 Å². The monoisotopic (exact) mass is 435 g/mol. The van der Waals surface area contributed by atoms with Crippen molar-refractivity contribution in [3.8, 4) is 17.5 Å². The highest BCUT2D eigenvalue weighted by Gasteiger charge is 2.20. The number of nitrogens with one attached hydrogen (secondary N) is 1. The molecule has 1 amide bonds. The number of rotatable bonds is 6. The third kappa shape index (κ3) is 4.32. The number of carbonyl (C=O) groups excluding carboxylic acids is 1. The van der Waals surface area contributed by atoms with Gasteiger partial charge in [0.2, 0.25) is 0 Å². The van der Waals surface area contributed by atoms with Crippen LogP contribution in [0.3, 0.4) is 0 Å². The molecule has 0 spiro atoms. The molecule has 162 valence electrons. The molecule has 1 aromatic heterocycles. The minimum absolute atomic E-state index is 0.0996. The molecule has 10 heteroatoms. The number of amides is 1. The predicted octanol–water partition coefficient (Wildman–Crippen LogP) is 3.79. The van der Waals surface area contributed by atoms with Crippen LogP contribution in [0.5, 0.6) is 5.75 Å². The van der Waals surface area contributed by atoms with E-state index in [2.05, 4.69) is 10.5 Å². The van der Waals surface area contributed by atoms with Gasteiger partial charge in [-0.15, -0.1) is 0 Å². The van der Waals surface area contributed by atoms with Crippen molar-refractivity contribution in [1.29, 1.82) is 5.26 Å². The lowest BCUT2D eigenvalue weighted by atomic mass is 10.1. The Balaban J connectivity index is 1.87. The second-order valence-electron chi connectivity index (χ2n) is 6.78. The van der Waals surface area contributed by atoms with Crippen LogP contribution in [-0.4, -0.2) is 28.7 Å². The van der Waals surface area contributed by atoms with Crippen molar-refractivity contribution in [3.63, 3.8) is 0 Å². The molecule has 0 saturated carbocycles. The summed E-state index contributed by atoms with van der Waals surface area (Å²) < 4.78 is 20.7. The Morgan fingerprint density at radius 2 is 2.03 bits per heavy atom. The average Bonchev–Trinajstić information content (AvgIpc) is 3.05. The van der Waals surface area contributed by atoms with Crippen molar-refractivity contribution in [2.75, 3.05) is 7.11 Å². The lowest BCUT2D eigenvalue weighted by Crippen LogP contribution is -2.19. The Labute approximate surface area is 182 Å². The number of carbonyl (C=O) groups is 1. The van der Waals surface area contributed by atoms with Gasteiger partial charge in [0, 0.05) is 17.0 Å². The number of ether oxygens (including phenoxy) is 1. The lowest BCUT2D eigenvalue weighted by Gasteiger charge is -2.11. The van der Waals surface area contributed by atoms with E-state index in [0.29, 0.717) is 28.4 Å². The number of nitriles is 1. The largest absolute Gasteiger partial charge is 0.496 e. The molecular formula is C22H18FN5O4. The van der Waals surface area contributed by atoms with Crippen molar-refractivity contribution in [1.82, 2.24) is 9.99 Å². The van der Waals surface area contributed by atoms with Crippen LogP contribution < -0.4 is 10.2 Å². The van der Waals surface area contributed by atoms with Crippen LogP contribution in [0, 0.1) is 41.1 Å². The third-order valence-electron chi connectivity index (χ3n) is 4.80. The zero-order valence-electron chi connectivity index (χ0n) is 17.4. The zero-order valence-corrected chi connectivity index (χ0v) is 17.4. The van der Waals surface area contributed by atoms with Crippen molar-refractivity contribution in [3.05, 3.63) is 86.5 Å². The van der Waals surface area contributed by atoms with Gasteiger partial charge in [-0.25, -0.2) is 9.82 Å². The number of aryl methyl sites for hydroxylation is 1. The van der Waals surface area contributed by atoms with E-state index < -0.39 is 16.6 Å². The minimum atomic E-state index is -0.832. The van der Waals surface area contributed by atoms with Crippen LogP contribution in [0.2, 0.25) is 0 Å². The molecule has 0 unspecified atom stereocenters. The highest BCUT2D eigenvalue weighted by atomic mass is 19.1. The molecule has 0 aliphatic heterocycles. The maximum absolute atomic E-state index is 14.0. The van der Waals surface area contributed by atoms with Crippen molar-refractivity contribution < 1.29 is 18.8 Å². The number of methoxy groups -OCH3 is 1. The SMILES string of the molecule is COc1ccc(-n2c(C)cc(/C=N\NC(=O)c3ccc(C#N)cc3F)c2C)c([N+](=O)[O-])c1. The number of aromatic nitrogens is 1.